The summed E-state index contributed by atoms with van der Waals surface area (Å²) in [5.74, 6) is 0.957. The number of hydrogen-bond acceptors (Lipinski definition) is 2. The van der Waals surface area contributed by atoms with Gasteiger partial charge in [0.15, 0.2) is 0 Å². The highest BCUT2D eigenvalue weighted by Crippen LogP contribution is 2.44. The number of pyridine rings is 1. The molecule has 0 bridgehead atoms. The van der Waals surface area contributed by atoms with E-state index in [4.69, 9.17) is 4.98 Å². The van der Waals surface area contributed by atoms with Crippen LogP contribution in [-0.2, 0) is 0 Å². The topological polar surface area (TPSA) is 17.8 Å². The number of rotatable bonds is 1. The highest BCUT2D eigenvalue weighted by atomic mass is 32.1. The average molecular weight is 401 g/mol. The molecule has 0 unspecified atom stereocenters. The van der Waals surface area contributed by atoms with Crippen LogP contribution in [0.1, 0.15) is 0 Å². The highest BCUT2D eigenvalue weighted by molar-refractivity contribution is 7.26. The average Bonchev–Trinajstić information content (AvgIpc) is 3.35. The second kappa shape index (κ2) is 5.91. The Labute approximate surface area is 176 Å². The summed E-state index contributed by atoms with van der Waals surface area (Å²) in [6.07, 6.45) is 1.87. The number of thiophene rings is 1. The molecule has 7 aromatic rings. The molecule has 140 valence electrons. The van der Waals surface area contributed by atoms with Crippen molar-refractivity contribution >= 4 is 64.1 Å². The molecule has 30 heavy (non-hydrogen) atoms. The maximum absolute atomic E-state index is 4.70. The maximum atomic E-state index is 4.70. The number of para-hydroxylation sites is 1. The van der Waals surface area contributed by atoms with Crippen molar-refractivity contribution in [2.75, 3.05) is 0 Å². The molecule has 3 heterocycles. The van der Waals surface area contributed by atoms with E-state index in [1.165, 1.54) is 52.8 Å². The van der Waals surface area contributed by atoms with E-state index >= 15 is 0 Å². The van der Waals surface area contributed by atoms with Crippen LogP contribution in [0.3, 0.4) is 0 Å². The Morgan fingerprint density at radius 3 is 2.33 bits per heavy atom. The number of hydrogen-bond donors (Lipinski definition) is 0. The van der Waals surface area contributed by atoms with Crippen LogP contribution in [0.15, 0.2) is 97.2 Å². The lowest BCUT2D eigenvalue weighted by Gasteiger charge is -2.07. The Hall–Kier alpha value is -3.69. The first kappa shape index (κ1) is 16.1. The molecule has 0 saturated carbocycles. The van der Waals surface area contributed by atoms with Gasteiger partial charge < -0.3 is 0 Å². The minimum absolute atomic E-state index is 0.957. The molecule has 3 aromatic heterocycles. The Bertz CT molecular complexity index is 1740. The predicted molar refractivity (Wildman–Crippen MR) is 129 cm³/mol. The lowest BCUT2D eigenvalue weighted by atomic mass is 10.0. The molecule has 0 aliphatic heterocycles. The van der Waals surface area contributed by atoms with Gasteiger partial charge in [0.05, 0.1) is 15.7 Å². The fraction of sp³-hybridized carbons (Fsp3) is 0. The van der Waals surface area contributed by atoms with Crippen LogP contribution in [0.4, 0.5) is 0 Å². The molecule has 0 saturated heterocycles. The first-order valence-electron chi connectivity index (χ1n) is 10.1. The Morgan fingerprint density at radius 1 is 0.633 bits per heavy atom. The van der Waals surface area contributed by atoms with Gasteiger partial charge in [-0.1, -0.05) is 66.7 Å². The van der Waals surface area contributed by atoms with E-state index in [2.05, 4.69) is 89.5 Å². The van der Waals surface area contributed by atoms with Crippen molar-refractivity contribution in [2.24, 2.45) is 0 Å². The number of aromatic nitrogens is 2. The zero-order chi connectivity index (χ0) is 19.7. The van der Waals surface area contributed by atoms with Crippen molar-refractivity contribution in [1.29, 1.82) is 0 Å². The minimum Gasteiger partial charge on any atom is -0.292 e. The molecule has 0 amide bonds. The number of benzene rings is 4. The fourth-order valence-corrected chi connectivity index (χ4v) is 6.03. The van der Waals surface area contributed by atoms with Crippen LogP contribution in [0.5, 0.6) is 0 Å². The lowest BCUT2D eigenvalue weighted by Crippen LogP contribution is -1.96. The standard InChI is InChI=1S/C27H16N2S/c1-2-8-18-17(7-1)12-15-23-25(18)21-14-13-20-19-9-3-4-10-22(19)29(26(20)27(21)30-23)24-11-5-6-16-28-24/h1-16H. The summed E-state index contributed by atoms with van der Waals surface area (Å²) in [5, 5.41) is 7.82. The summed E-state index contributed by atoms with van der Waals surface area (Å²) in [6, 6.07) is 32.5. The van der Waals surface area contributed by atoms with Gasteiger partial charge in [0.2, 0.25) is 0 Å². The van der Waals surface area contributed by atoms with Crippen molar-refractivity contribution in [1.82, 2.24) is 9.55 Å². The van der Waals surface area contributed by atoms with Crippen molar-refractivity contribution in [3.8, 4) is 5.82 Å². The molecule has 0 aliphatic carbocycles. The predicted octanol–water partition coefficient (Wildman–Crippen LogP) is 7.70. The lowest BCUT2D eigenvalue weighted by molar-refractivity contribution is 1.08. The third-order valence-electron chi connectivity index (χ3n) is 6.04. The Balaban J connectivity index is 1.76. The molecule has 0 N–H and O–H groups in total. The largest absolute Gasteiger partial charge is 0.292 e. The van der Waals surface area contributed by atoms with Gasteiger partial charge in [0, 0.05) is 32.4 Å². The Morgan fingerprint density at radius 2 is 1.43 bits per heavy atom. The van der Waals surface area contributed by atoms with Gasteiger partial charge in [-0.25, -0.2) is 4.98 Å². The normalized spacial score (nSPS) is 12.0. The second-order valence-corrected chi connectivity index (χ2v) is 8.69. The summed E-state index contributed by atoms with van der Waals surface area (Å²) in [6.45, 7) is 0. The highest BCUT2D eigenvalue weighted by Gasteiger charge is 2.18. The summed E-state index contributed by atoms with van der Waals surface area (Å²) in [7, 11) is 0. The van der Waals surface area contributed by atoms with Gasteiger partial charge in [-0.05, 0) is 35.0 Å². The van der Waals surface area contributed by atoms with Crippen LogP contribution in [0.25, 0.3) is 58.6 Å². The molecule has 0 fully saturated rings. The molecule has 7 rings (SSSR count). The van der Waals surface area contributed by atoms with E-state index in [1.54, 1.807) is 0 Å². The van der Waals surface area contributed by atoms with Gasteiger partial charge >= 0.3 is 0 Å². The van der Waals surface area contributed by atoms with Gasteiger partial charge in [-0.2, -0.15) is 0 Å². The quantitative estimate of drug-likeness (QED) is 0.276. The van der Waals surface area contributed by atoms with E-state index in [1.807, 2.05) is 23.6 Å². The van der Waals surface area contributed by atoms with Crippen LogP contribution in [0, 0.1) is 0 Å². The zero-order valence-electron chi connectivity index (χ0n) is 16.0. The van der Waals surface area contributed by atoms with Crippen molar-refractivity contribution in [3.05, 3.63) is 97.2 Å². The molecule has 0 atom stereocenters. The van der Waals surface area contributed by atoms with Crippen LogP contribution in [0.2, 0.25) is 0 Å². The number of nitrogens with zero attached hydrogens (tertiary/aromatic N) is 2. The first-order chi connectivity index (χ1) is 14.9. The SMILES string of the molecule is c1ccc(-n2c3ccccc3c3ccc4c(sc5ccc6ccccc6c54)c32)nc1. The maximum Gasteiger partial charge on any atom is 0.137 e. The molecule has 2 nitrogen and oxygen atoms in total. The van der Waals surface area contributed by atoms with E-state index in [-0.39, 0.29) is 0 Å². The van der Waals surface area contributed by atoms with Crippen molar-refractivity contribution < 1.29 is 0 Å². The molecule has 0 radical (unpaired) electrons. The molecule has 0 spiro atoms. The second-order valence-electron chi connectivity index (χ2n) is 7.64. The van der Waals surface area contributed by atoms with Crippen molar-refractivity contribution in [2.45, 2.75) is 0 Å². The fourth-order valence-electron chi connectivity index (χ4n) is 4.78. The third kappa shape index (κ3) is 2.05. The minimum atomic E-state index is 0.957. The molecular formula is C27H16N2S. The molecule has 0 aliphatic rings. The molecular weight excluding hydrogens is 384 g/mol. The van der Waals surface area contributed by atoms with E-state index in [9.17, 15) is 0 Å². The van der Waals surface area contributed by atoms with Crippen molar-refractivity contribution in [3.63, 3.8) is 0 Å². The number of fused-ring (bicyclic) bond motifs is 9. The summed E-state index contributed by atoms with van der Waals surface area (Å²) in [4.78, 5) is 4.70. The van der Waals surface area contributed by atoms with Gasteiger partial charge in [-0.3, -0.25) is 4.57 Å². The van der Waals surface area contributed by atoms with Gasteiger partial charge in [-0.15, -0.1) is 11.3 Å². The van der Waals surface area contributed by atoms with Gasteiger partial charge in [0.1, 0.15) is 5.82 Å². The first-order valence-corrected chi connectivity index (χ1v) is 10.9. The Kier molecular flexibility index (Phi) is 3.18. The van der Waals surface area contributed by atoms with E-state index in [0.717, 1.165) is 5.82 Å². The summed E-state index contributed by atoms with van der Waals surface area (Å²) in [5.41, 5.74) is 2.44. The summed E-state index contributed by atoms with van der Waals surface area (Å²) < 4.78 is 4.97. The molecule has 3 heteroatoms. The van der Waals surface area contributed by atoms with E-state index < -0.39 is 0 Å². The van der Waals surface area contributed by atoms with E-state index in [0.29, 0.717) is 0 Å². The van der Waals surface area contributed by atoms with Crippen LogP contribution < -0.4 is 0 Å². The third-order valence-corrected chi connectivity index (χ3v) is 7.22. The van der Waals surface area contributed by atoms with Crippen LogP contribution >= 0.6 is 11.3 Å². The zero-order valence-corrected chi connectivity index (χ0v) is 16.9. The summed E-state index contributed by atoms with van der Waals surface area (Å²) >= 11 is 1.88. The van der Waals surface area contributed by atoms with Gasteiger partial charge in [0.25, 0.3) is 0 Å². The monoisotopic (exact) mass is 400 g/mol. The molecule has 4 aromatic carbocycles. The smallest absolute Gasteiger partial charge is 0.137 e. The van der Waals surface area contributed by atoms with Crippen LogP contribution in [-0.4, -0.2) is 9.55 Å².